The highest BCUT2D eigenvalue weighted by Gasteiger charge is 2.04. The van der Waals surface area contributed by atoms with Crippen LogP contribution in [0, 0.1) is 28.5 Å². The zero-order valence-electron chi connectivity index (χ0n) is 9.27. The second-order valence-electron chi connectivity index (χ2n) is 3.57. The summed E-state index contributed by atoms with van der Waals surface area (Å²) in [6, 6.07) is 9.97. The van der Waals surface area contributed by atoms with Gasteiger partial charge in [-0.25, -0.2) is 4.39 Å². The molecule has 0 radical (unpaired) electrons. The van der Waals surface area contributed by atoms with Crippen molar-refractivity contribution < 1.29 is 4.39 Å². The molecule has 0 atom stereocenters. The number of hydrogen-bond acceptors (Lipinski definition) is 4. The van der Waals surface area contributed by atoms with Crippen LogP contribution in [0.4, 0.5) is 10.1 Å². The van der Waals surface area contributed by atoms with E-state index in [1.807, 2.05) is 12.1 Å². The summed E-state index contributed by atoms with van der Waals surface area (Å²) in [6.07, 6.45) is 0. The van der Waals surface area contributed by atoms with Gasteiger partial charge in [-0.15, -0.1) is 11.3 Å². The molecular weight excluding hydrogens is 249 g/mol. The van der Waals surface area contributed by atoms with Crippen LogP contribution < -0.4 is 5.32 Å². The average Bonchev–Trinajstić information content (AvgIpc) is 2.85. The fraction of sp³-hybridized carbons (Fsp3) is 0.0769. The third-order valence-corrected chi connectivity index (χ3v) is 3.27. The van der Waals surface area contributed by atoms with E-state index in [9.17, 15) is 4.39 Å². The van der Waals surface area contributed by atoms with Crippen LogP contribution in [0.2, 0.25) is 0 Å². The van der Waals surface area contributed by atoms with Gasteiger partial charge in [0.1, 0.15) is 11.9 Å². The molecule has 18 heavy (non-hydrogen) atoms. The van der Waals surface area contributed by atoms with Crippen molar-refractivity contribution in [3.63, 3.8) is 0 Å². The van der Waals surface area contributed by atoms with E-state index in [1.165, 1.54) is 23.5 Å². The number of rotatable bonds is 3. The lowest BCUT2D eigenvalue weighted by atomic mass is 10.2. The highest BCUT2D eigenvalue weighted by atomic mass is 32.1. The lowest BCUT2D eigenvalue weighted by molar-refractivity contribution is 0.629. The molecule has 0 unspecified atom stereocenters. The molecule has 0 aliphatic rings. The first kappa shape index (κ1) is 12.1. The minimum atomic E-state index is -0.453. The van der Waals surface area contributed by atoms with Crippen molar-refractivity contribution in [3.05, 3.63) is 51.5 Å². The van der Waals surface area contributed by atoms with Gasteiger partial charge in [-0.2, -0.15) is 10.5 Å². The van der Waals surface area contributed by atoms with Gasteiger partial charge in [0.05, 0.1) is 22.9 Å². The van der Waals surface area contributed by atoms with E-state index in [4.69, 9.17) is 10.5 Å². The summed E-state index contributed by atoms with van der Waals surface area (Å²) in [4.78, 5) is 0.954. The maximum atomic E-state index is 13.5. The second-order valence-corrected chi connectivity index (χ2v) is 4.57. The summed E-state index contributed by atoms with van der Waals surface area (Å²) in [5.74, 6) is -0.453. The summed E-state index contributed by atoms with van der Waals surface area (Å²) >= 11 is 1.45. The van der Waals surface area contributed by atoms with Crippen LogP contribution in [0.25, 0.3) is 0 Å². The highest BCUT2D eigenvalue weighted by Crippen LogP contribution is 2.19. The van der Waals surface area contributed by atoms with Crippen LogP contribution >= 0.6 is 11.3 Å². The van der Waals surface area contributed by atoms with Gasteiger partial charge in [0.2, 0.25) is 0 Å². The van der Waals surface area contributed by atoms with Crippen LogP contribution in [0.1, 0.15) is 16.0 Å². The monoisotopic (exact) mass is 257 g/mol. The molecule has 0 bridgehead atoms. The molecule has 0 saturated carbocycles. The topological polar surface area (TPSA) is 59.6 Å². The van der Waals surface area contributed by atoms with Crippen molar-refractivity contribution in [3.8, 4) is 12.1 Å². The number of nitrogens with zero attached hydrogens (tertiary/aromatic N) is 2. The first-order valence-corrected chi connectivity index (χ1v) is 6.02. The summed E-state index contributed by atoms with van der Waals surface area (Å²) < 4.78 is 13.5. The van der Waals surface area contributed by atoms with Gasteiger partial charge in [0.25, 0.3) is 0 Å². The lowest BCUT2D eigenvalue weighted by Crippen LogP contribution is -2.00. The van der Waals surface area contributed by atoms with Gasteiger partial charge in [-0.05, 0) is 24.3 Å². The molecule has 0 amide bonds. The SMILES string of the molecule is N#Cc1csc(CNc2ccc(C#N)cc2F)c1. The number of halogens is 1. The van der Waals surface area contributed by atoms with Gasteiger partial charge in [-0.1, -0.05) is 0 Å². The van der Waals surface area contributed by atoms with E-state index >= 15 is 0 Å². The van der Waals surface area contributed by atoms with Gasteiger partial charge in [0, 0.05) is 16.8 Å². The number of nitrogens with one attached hydrogen (secondary N) is 1. The molecule has 2 aromatic rings. The minimum absolute atomic E-state index is 0.293. The largest absolute Gasteiger partial charge is 0.378 e. The Morgan fingerprint density at radius 3 is 2.56 bits per heavy atom. The smallest absolute Gasteiger partial charge is 0.147 e. The van der Waals surface area contributed by atoms with Crippen molar-refractivity contribution >= 4 is 17.0 Å². The standard InChI is InChI=1S/C13H8FN3S/c14-12-4-9(5-15)1-2-13(12)17-7-11-3-10(6-16)8-18-11/h1-4,8,17H,7H2. The Labute approximate surface area is 108 Å². The van der Waals surface area contributed by atoms with E-state index in [-0.39, 0.29) is 0 Å². The predicted molar refractivity (Wildman–Crippen MR) is 67.5 cm³/mol. The Balaban J connectivity index is 2.07. The Bertz CT molecular complexity index is 649. The van der Waals surface area contributed by atoms with E-state index in [0.29, 0.717) is 23.4 Å². The number of anilines is 1. The Kier molecular flexibility index (Phi) is 3.57. The fourth-order valence-electron chi connectivity index (χ4n) is 1.44. The first-order valence-electron chi connectivity index (χ1n) is 5.14. The summed E-state index contributed by atoms with van der Waals surface area (Å²) in [7, 11) is 0. The molecule has 0 fully saturated rings. The second kappa shape index (κ2) is 5.31. The fourth-order valence-corrected chi connectivity index (χ4v) is 2.19. The van der Waals surface area contributed by atoms with Gasteiger partial charge in [0.15, 0.2) is 0 Å². The zero-order valence-corrected chi connectivity index (χ0v) is 10.1. The van der Waals surface area contributed by atoms with Crippen LogP contribution in [0.3, 0.4) is 0 Å². The molecular formula is C13H8FN3S. The van der Waals surface area contributed by atoms with Crippen LogP contribution in [-0.2, 0) is 6.54 Å². The Morgan fingerprint density at radius 2 is 1.94 bits per heavy atom. The highest BCUT2D eigenvalue weighted by molar-refractivity contribution is 7.10. The molecule has 1 aromatic carbocycles. The third-order valence-electron chi connectivity index (χ3n) is 2.33. The molecule has 88 valence electrons. The number of nitriles is 2. The normalized spacial score (nSPS) is 9.50. The first-order chi connectivity index (χ1) is 8.72. The lowest BCUT2D eigenvalue weighted by Gasteiger charge is -2.05. The molecule has 5 heteroatoms. The number of hydrogen-bond donors (Lipinski definition) is 1. The molecule has 0 saturated heterocycles. The minimum Gasteiger partial charge on any atom is -0.378 e. The van der Waals surface area contributed by atoms with Crippen molar-refractivity contribution in [2.75, 3.05) is 5.32 Å². The molecule has 2 rings (SSSR count). The third kappa shape index (κ3) is 2.65. The van der Waals surface area contributed by atoms with Gasteiger partial charge < -0.3 is 5.32 Å². The van der Waals surface area contributed by atoms with Crippen LogP contribution in [0.15, 0.2) is 29.6 Å². The summed E-state index contributed by atoms with van der Waals surface area (Å²) in [6.45, 7) is 0.454. The average molecular weight is 257 g/mol. The van der Waals surface area contributed by atoms with Crippen LogP contribution in [0.5, 0.6) is 0 Å². The summed E-state index contributed by atoms with van der Waals surface area (Å²) in [5.41, 5.74) is 1.25. The maximum Gasteiger partial charge on any atom is 0.147 e. The van der Waals surface area contributed by atoms with E-state index in [0.717, 1.165) is 4.88 Å². The predicted octanol–water partition coefficient (Wildman–Crippen LogP) is 3.24. The Hall–Kier alpha value is -2.37. The van der Waals surface area contributed by atoms with Crippen molar-refractivity contribution in [1.29, 1.82) is 10.5 Å². The summed E-state index contributed by atoms with van der Waals surface area (Å²) in [5, 5.41) is 22.0. The molecule has 1 N–H and O–H groups in total. The molecule has 1 aromatic heterocycles. The van der Waals surface area contributed by atoms with Gasteiger partial charge in [-0.3, -0.25) is 0 Å². The number of benzene rings is 1. The molecule has 0 spiro atoms. The molecule has 3 nitrogen and oxygen atoms in total. The molecule has 0 aliphatic heterocycles. The van der Waals surface area contributed by atoms with Crippen molar-refractivity contribution in [1.82, 2.24) is 0 Å². The van der Waals surface area contributed by atoms with Gasteiger partial charge >= 0.3 is 0 Å². The van der Waals surface area contributed by atoms with Crippen LogP contribution in [-0.4, -0.2) is 0 Å². The molecule has 1 heterocycles. The van der Waals surface area contributed by atoms with Crippen molar-refractivity contribution in [2.24, 2.45) is 0 Å². The van der Waals surface area contributed by atoms with Crippen molar-refractivity contribution in [2.45, 2.75) is 6.54 Å². The maximum absolute atomic E-state index is 13.5. The number of thiophene rings is 1. The van der Waals surface area contributed by atoms with E-state index in [2.05, 4.69) is 5.32 Å². The van der Waals surface area contributed by atoms with E-state index < -0.39 is 5.82 Å². The zero-order chi connectivity index (χ0) is 13.0. The van der Waals surface area contributed by atoms with E-state index in [1.54, 1.807) is 17.5 Å². The quantitative estimate of drug-likeness (QED) is 0.918. The Morgan fingerprint density at radius 1 is 1.17 bits per heavy atom. The molecule has 0 aliphatic carbocycles.